The third-order valence-corrected chi connectivity index (χ3v) is 9.57. The van der Waals surface area contributed by atoms with Crippen molar-refractivity contribution >= 4 is 0 Å². The standard InChI is InChI=1S/C26H37NO4/c1-7-10-23(4,29)19-15-24-11-12-26(19,30-6)22-25(24,13-14-27(5)17(24)3)20-16(2)8-9-18(28)21(20)31-22/h8-9,11-12,17,19,22,28-29H,7,10,13-15H2,1-6H3/t17-,19-,22-,23-,24-,25+,26-/m1/s1. The van der Waals surface area contributed by atoms with Gasteiger partial charge in [0.1, 0.15) is 11.7 Å². The van der Waals surface area contributed by atoms with Gasteiger partial charge < -0.3 is 24.6 Å². The summed E-state index contributed by atoms with van der Waals surface area (Å²) in [6, 6.07) is 4.03. The van der Waals surface area contributed by atoms with Crippen LogP contribution in [-0.4, -0.2) is 59.2 Å². The molecule has 1 saturated carbocycles. The number of rotatable bonds is 4. The van der Waals surface area contributed by atoms with Crippen LogP contribution in [-0.2, 0) is 10.2 Å². The fourth-order valence-corrected chi connectivity index (χ4v) is 8.02. The second-order valence-corrected chi connectivity index (χ2v) is 10.8. The summed E-state index contributed by atoms with van der Waals surface area (Å²) >= 11 is 0. The Hall–Kier alpha value is -1.56. The maximum atomic E-state index is 11.7. The summed E-state index contributed by atoms with van der Waals surface area (Å²) in [5.41, 5.74) is 0.193. The molecule has 1 aromatic rings. The lowest BCUT2D eigenvalue weighted by Gasteiger charge is -2.70. The number of aryl methyl sites for hydroxylation is 1. The number of aliphatic hydroxyl groups is 1. The van der Waals surface area contributed by atoms with E-state index in [1.807, 2.05) is 13.0 Å². The number of ether oxygens (including phenoxy) is 2. The molecule has 0 amide bonds. The van der Waals surface area contributed by atoms with Crippen molar-refractivity contribution in [2.75, 3.05) is 20.7 Å². The van der Waals surface area contributed by atoms with Gasteiger partial charge in [-0.15, -0.1) is 0 Å². The minimum Gasteiger partial charge on any atom is -0.504 e. The van der Waals surface area contributed by atoms with Crippen LogP contribution in [0, 0.1) is 18.3 Å². The highest BCUT2D eigenvalue weighted by Gasteiger charge is 2.78. The third kappa shape index (κ3) is 2.28. The molecule has 2 N–H and O–H groups in total. The SMILES string of the molecule is CCC[C@@](C)(O)[C@H]1C[C@@]23C=C[C@]1(OC)[C@@H]1Oc4c(O)ccc(C)c4[C@@]12CCN(C)[C@@H]3C. The molecule has 0 unspecified atom stereocenters. The molecule has 0 aromatic heterocycles. The topological polar surface area (TPSA) is 62.2 Å². The van der Waals surface area contributed by atoms with E-state index in [1.165, 1.54) is 0 Å². The first-order valence-electron chi connectivity index (χ1n) is 11.8. The molecule has 2 aliphatic heterocycles. The van der Waals surface area contributed by atoms with Crippen molar-refractivity contribution in [2.45, 2.75) is 82.1 Å². The molecule has 2 bridgehead atoms. The molecule has 5 aliphatic rings. The number of aromatic hydroxyl groups is 1. The highest BCUT2D eigenvalue weighted by atomic mass is 16.6. The number of likely N-dealkylation sites (tertiary alicyclic amines) is 1. The van der Waals surface area contributed by atoms with Crippen LogP contribution in [0.4, 0.5) is 0 Å². The van der Waals surface area contributed by atoms with Crippen molar-refractivity contribution in [3.05, 3.63) is 35.4 Å². The lowest BCUT2D eigenvalue weighted by Crippen LogP contribution is -2.79. The molecule has 1 saturated heterocycles. The fraction of sp³-hybridized carbons (Fsp3) is 0.692. The lowest BCUT2D eigenvalue weighted by atomic mass is 9.38. The molecular weight excluding hydrogens is 390 g/mol. The van der Waals surface area contributed by atoms with Gasteiger partial charge in [0.15, 0.2) is 11.5 Å². The van der Waals surface area contributed by atoms with Crippen LogP contribution in [0.1, 0.15) is 57.6 Å². The Labute approximate surface area is 186 Å². The van der Waals surface area contributed by atoms with E-state index in [4.69, 9.17) is 9.47 Å². The highest BCUT2D eigenvalue weighted by Crippen LogP contribution is 2.73. The Morgan fingerprint density at radius 3 is 2.74 bits per heavy atom. The van der Waals surface area contributed by atoms with Gasteiger partial charge >= 0.3 is 0 Å². The highest BCUT2D eigenvalue weighted by molar-refractivity contribution is 5.62. The summed E-state index contributed by atoms with van der Waals surface area (Å²) in [5.74, 6) is 0.722. The molecule has 31 heavy (non-hydrogen) atoms. The summed E-state index contributed by atoms with van der Waals surface area (Å²) in [7, 11) is 3.95. The number of fused-ring (bicyclic) bond motifs is 2. The second kappa shape index (κ2) is 6.49. The third-order valence-electron chi connectivity index (χ3n) is 9.57. The minimum atomic E-state index is -0.875. The summed E-state index contributed by atoms with van der Waals surface area (Å²) in [6.45, 7) is 9.49. The number of phenolic OH excluding ortho intramolecular Hbond substituents is 1. The molecule has 5 nitrogen and oxygen atoms in total. The summed E-state index contributed by atoms with van der Waals surface area (Å²) < 4.78 is 13.1. The second-order valence-electron chi connectivity index (χ2n) is 10.8. The van der Waals surface area contributed by atoms with Crippen molar-refractivity contribution < 1.29 is 19.7 Å². The van der Waals surface area contributed by atoms with Crippen molar-refractivity contribution in [1.29, 1.82) is 0 Å². The van der Waals surface area contributed by atoms with E-state index in [9.17, 15) is 10.2 Å². The van der Waals surface area contributed by atoms with Crippen molar-refractivity contribution in [2.24, 2.45) is 11.3 Å². The zero-order valence-electron chi connectivity index (χ0n) is 19.7. The number of piperidine rings is 1. The average Bonchev–Trinajstić information content (AvgIpc) is 3.13. The van der Waals surface area contributed by atoms with Crippen LogP contribution >= 0.6 is 0 Å². The zero-order chi connectivity index (χ0) is 22.4. The van der Waals surface area contributed by atoms with Crippen LogP contribution in [0.5, 0.6) is 11.5 Å². The molecule has 2 heterocycles. The largest absolute Gasteiger partial charge is 0.504 e. The summed E-state index contributed by atoms with van der Waals surface area (Å²) in [4.78, 5) is 2.44. The molecule has 2 fully saturated rings. The van der Waals surface area contributed by atoms with Crippen molar-refractivity contribution in [3.8, 4) is 11.5 Å². The average molecular weight is 428 g/mol. The fourth-order valence-electron chi connectivity index (χ4n) is 8.02. The number of nitrogens with zero attached hydrogens (tertiary/aromatic N) is 1. The van der Waals surface area contributed by atoms with Gasteiger partial charge in [0.25, 0.3) is 0 Å². The molecule has 6 rings (SSSR count). The number of methoxy groups -OCH3 is 1. The Kier molecular flexibility index (Phi) is 4.46. The van der Waals surface area contributed by atoms with Crippen LogP contribution in [0.25, 0.3) is 0 Å². The van der Waals surface area contributed by atoms with Crippen LogP contribution in [0.15, 0.2) is 24.3 Å². The van der Waals surface area contributed by atoms with Gasteiger partial charge in [-0.2, -0.15) is 0 Å². The van der Waals surface area contributed by atoms with E-state index in [2.05, 4.69) is 44.9 Å². The molecule has 7 atom stereocenters. The van der Waals surface area contributed by atoms with Gasteiger partial charge in [-0.05, 0) is 65.3 Å². The monoisotopic (exact) mass is 427 g/mol. The zero-order valence-corrected chi connectivity index (χ0v) is 19.7. The van der Waals surface area contributed by atoms with Gasteiger partial charge in [-0.25, -0.2) is 0 Å². The van der Waals surface area contributed by atoms with E-state index < -0.39 is 11.2 Å². The van der Waals surface area contributed by atoms with Gasteiger partial charge in [-0.1, -0.05) is 31.6 Å². The molecule has 0 radical (unpaired) electrons. The summed E-state index contributed by atoms with van der Waals surface area (Å²) in [6.07, 6.45) is 7.70. The molecule has 170 valence electrons. The maximum absolute atomic E-state index is 11.7. The Morgan fingerprint density at radius 1 is 1.32 bits per heavy atom. The van der Waals surface area contributed by atoms with Crippen molar-refractivity contribution in [3.63, 3.8) is 0 Å². The lowest BCUT2D eigenvalue weighted by molar-refractivity contribution is -0.243. The van der Waals surface area contributed by atoms with Crippen LogP contribution in [0.2, 0.25) is 0 Å². The molecule has 3 aliphatic carbocycles. The smallest absolute Gasteiger partial charge is 0.165 e. The predicted molar refractivity (Wildman–Crippen MR) is 121 cm³/mol. The van der Waals surface area contributed by atoms with Crippen LogP contribution in [0.3, 0.4) is 0 Å². The Bertz CT molecular complexity index is 942. The van der Waals surface area contributed by atoms with Gasteiger partial charge in [0.2, 0.25) is 0 Å². The Balaban J connectivity index is 1.82. The van der Waals surface area contributed by atoms with Crippen molar-refractivity contribution in [1.82, 2.24) is 4.90 Å². The van der Waals surface area contributed by atoms with E-state index in [1.54, 1.807) is 13.2 Å². The maximum Gasteiger partial charge on any atom is 0.165 e. The molecule has 2 spiro atoms. The first kappa shape index (κ1) is 21.3. The molecular formula is C26H37NO4. The first-order chi connectivity index (χ1) is 14.6. The number of hydrogen-bond acceptors (Lipinski definition) is 5. The number of benzene rings is 1. The first-order valence-corrected chi connectivity index (χ1v) is 11.8. The quantitative estimate of drug-likeness (QED) is 0.713. The van der Waals surface area contributed by atoms with Crippen LogP contribution < -0.4 is 4.74 Å². The summed E-state index contributed by atoms with van der Waals surface area (Å²) in [5, 5.41) is 22.5. The van der Waals surface area contributed by atoms with E-state index in [0.29, 0.717) is 12.2 Å². The number of phenols is 1. The predicted octanol–water partition coefficient (Wildman–Crippen LogP) is 3.94. The van der Waals surface area contributed by atoms with E-state index in [0.717, 1.165) is 36.9 Å². The minimum absolute atomic E-state index is 0.0983. The number of hydrogen-bond donors (Lipinski definition) is 2. The van der Waals surface area contributed by atoms with Gasteiger partial charge in [0.05, 0.1) is 11.0 Å². The van der Waals surface area contributed by atoms with Gasteiger partial charge in [0, 0.05) is 30.0 Å². The van der Waals surface area contributed by atoms with E-state index >= 15 is 0 Å². The molecule has 1 aromatic carbocycles. The van der Waals surface area contributed by atoms with E-state index in [-0.39, 0.29) is 34.6 Å². The van der Waals surface area contributed by atoms with Gasteiger partial charge in [-0.3, -0.25) is 0 Å². The molecule has 5 heteroatoms. The Morgan fingerprint density at radius 2 is 2.06 bits per heavy atom. The normalized spacial score (nSPS) is 42.5.